The third-order valence-corrected chi connectivity index (χ3v) is 7.32. The van der Waals surface area contributed by atoms with Crippen LogP contribution in [0, 0.1) is 5.41 Å². The third kappa shape index (κ3) is 4.86. The van der Waals surface area contributed by atoms with Gasteiger partial charge in [-0.2, -0.15) is 5.10 Å². The fourth-order valence-corrected chi connectivity index (χ4v) is 5.40. The molecule has 2 aliphatic rings. The van der Waals surface area contributed by atoms with E-state index in [2.05, 4.69) is 34.6 Å². The number of hydrogen-bond donors (Lipinski definition) is 2. The molecule has 0 unspecified atom stereocenters. The van der Waals surface area contributed by atoms with Crippen molar-refractivity contribution in [1.82, 2.24) is 24.4 Å². The Kier molecular flexibility index (Phi) is 5.74. The van der Waals surface area contributed by atoms with Crippen LogP contribution in [0.4, 0.5) is 10.6 Å². The monoisotopic (exact) mass is 466 g/mol. The Morgan fingerprint density at radius 3 is 2.81 bits per heavy atom. The molecule has 0 aromatic carbocycles. The first-order valence-electron chi connectivity index (χ1n) is 10.3. The molecule has 0 spiro atoms. The normalized spacial score (nSPS) is 21.0. The number of nitrogens with zero attached hydrogens (tertiary/aromatic N) is 4. The molecule has 11 heteroatoms. The molecule has 168 valence electrons. The van der Waals surface area contributed by atoms with Crippen LogP contribution in [0.3, 0.4) is 0 Å². The second-order valence-electron chi connectivity index (χ2n) is 9.11. The summed E-state index contributed by atoms with van der Waals surface area (Å²) in [4.78, 5) is 16.7. The van der Waals surface area contributed by atoms with Crippen molar-refractivity contribution in [2.24, 2.45) is 5.41 Å². The lowest BCUT2D eigenvalue weighted by Crippen LogP contribution is -2.50. The van der Waals surface area contributed by atoms with Crippen LogP contribution in [-0.2, 0) is 23.0 Å². The maximum absolute atomic E-state index is 12.5. The fraction of sp³-hybridized carbons (Fsp3) is 0.550. The van der Waals surface area contributed by atoms with Gasteiger partial charge in [0.25, 0.3) is 0 Å². The van der Waals surface area contributed by atoms with Crippen LogP contribution in [0.5, 0.6) is 0 Å². The maximum atomic E-state index is 12.5. The highest BCUT2D eigenvalue weighted by Gasteiger charge is 2.32. The van der Waals surface area contributed by atoms with Crippen molar-refractivity contribution < 1.29 is 13.2 Å². The first-order valence-corrected chi connectivity index (χ1v) is 12.5. The summed E-state index contributed by atoms with van der Waals surface area (Å²) < 4.78 is 27.0. The summed E-state index contributed by atoms with van der Waals surface area (Å²) in [7, 11) is -3.28. The summed E-state index contributed by atoms with van der Waals surface area (Å²) in [6, 6.07) is 1.06. The summed E-state index contributed by atoms with van der Waals surface area (Å²) in [5.74, 6) is 0.366. The molecule has 4 rings (SSSR count). The van der Waals surface area contributed by atoms with Crippen LogP contribution in [0.1, 0.15) is 32.4 Å². The van der Waals surface area contributed by atoms with Crippen molar-refractivity contribution in [2.45, 2.75) is 45.7 Å². The molecule has 1 fully saturated rings. The van der Waals surface area contributed by atoms with Crippen LogP contribution in [0.15, 0.2) is 18.5 Å². The highest BCUT2D eigenvalue weighted by molar-refractivity contribution is 7.88. The SMILES string of the molecule is CC1(C)Cc2c(-c3cc(NC(=O)N[C@@H]4CCCN(S(C)(=O)=O)C4)ncc3Cl)cnn2C1. The van der Waals surface area contributed by atoms with Gasteiger partial charge in [0.2, 0.25) is 10.0 Å². The van der Waals surface area contributed by atoms with Crippen LogP contribution in [-0.4, -0.2) is 58.9 Å². The van der Waals surface area contributed by atoms with Gasteiger partial charge in [0.15, 0.2) is 0 Å². The first-order chi connectivity index (χ1) is 14.5. The zero-order valence-electron chi connectivity index (χ0n) is 17.9. The zero-order chi connectivity index (χ0) is 22.4. The fourth-order valence-electron chi connectivity index (χ4n) is 4.29. The van der Waals surface area contributed by atoms with Gasteiger partial charge in [-0.15, -0.1) is 0 Å². The molecule has 0 radical (unpaired) electrons. The van der Waals surface area contributed by atoms with E-state index in [0.717, 1.165) is 36.2 Å². The second-order valence-corrected chi connectivity index (χ2v) is 11.5. The number of amides is 2. The van der Waals surface area contributed by atoms with Crippen molar-refractivity contribution in [3.8, 4) is 11.1 Å². The highest BCUT2D eigenvalue weighted by atomic mass is 35.5. The number of pyridine rings is 1. The summed E-state index contributed by atoms with van der Waals surface area (Å²) in [6.07, 6.45) is 6.81. The van der Waals surface area contributed by atoms with E-state index in [0.29, 0.717) is 23.8 Å². The Morgan fingerprint density at radius 2 is 2.06 bits per heavy atom. The molecule has 9 nitrogen and oxygen atoms in total. The molecule has 0 bridgehead atoms. The molecule has 31 heavy (non-hydrogen) atoms. The van der Waals surface area contributed by atoms with E-state index in [-0.39, 0.29) is 18.0 Å². The number of fused-ring (bicyclic) bond motifs is 1. The van der Waals surface area contributed by atoms with Gasteiger partial charge >= 0.3 is 6.03 Å². The number of halogens is 1. The average molecular weight is 467 g/mol. The van der Waals surface area contributed by atoms with Gasteiger partial charge in [0.1, 0.15) is 5.82 Å². The van der Waals surface area contributed by atoms with Gasteiger partial charge in [-0.3, -0.25) is 10.00 Å². The minimum atomic E-state index is -3.28. The van der Waals surface area contributed by atoms with Crippen LogP contribution in [0.25, 0.3) is 11.1 Å². The molecule has 1 atom stereocenters. The van der Waals surface area contributed by atoms with Crippen molar-refractivity contribution in [3.63, 3.8) is 0 Å². The molecule has 0 aliphatic carbocycles. The van der Waals surface area contributed by atoms with Gasteiger partial charge in [-0.25, -0.2) is 22.5 Å². The molecular formula is C20H27ClN6O3S. The summed E-state index contributed by atoms with van der Waals surface area (Å²) in [5, 5.41) is 10.6. The first kappa shape index (κ1) is 22.0. The van der Waals surface area contributed by atoms with E-state index in [1.54, 1.807) is 12.3 Å². The smallest absolute Gasteiger partial charge is 0.320 e. The number of rotatable bonds is 4. The predicted molar refractivity (Wildman–Crippen MR) is 120 cm³/mol. The standard InChI is InChI=1S/C20H27ClN6O3S/c1-20(2)8-17-15(9-23-27(17)12-20)14-7-18(22-10-16(14)21)25-19(28)24-13-5-4-6-26(11-13)31(3,29)30/h7,9-10,13H,4-6,8,11-12H2,1-3H3,(H2,22,24,25,28)/t13-/m1/s1. The summed E-state index contributed by atoms with van der Waals surface area (Å²) in [5.41, 5.74) is 2.97. The quantitative estimate of drug-likeness (QED) is 0.720. The molecular weight excluding hydrogens is 440 g/mol. The molecule has 2 N–H and O–H groups in total. The van der Waals surface area contributed by atoms with E-state index in [9.17, 15) is 13.2 Å². The molecule has 0 saturated carbocycles. The summed E-state index contributed by atoms with van der Waals surface area (Å²) in [6.45, 7) is 6.00. The number of hydrogen-bond acceptors (Lipinski definition) is 5. The third-order valence-electron chi connectivity index (χ3n) is 5.75. The zero-order valence-corrected chi connectivity index (χ0v) is 19.4. The number of urea groups is 1. The lowest BCUT2D eigenvalue weighted by Gasteiger charge is -2.31. The van der Waals surface area contributed by atoms with Crippen LogP contribution >= 0.6 is 11.6 Å². The number of aromatic nitrogens is 3. The molecule has 2 aliphatic heterocycles. The second kappa shape index (κ2) is 8.07. The van der Waals surface area contributed by atoms with Crippen molar-refractivity contribution in [3.05, 3.63) is 29.2 Å². The van der Waals surface area contributed by atoms with E-state index in [1.807, 2.05) is 4.68 Å². The van der Waals surface area contributed by atoms with E-state index in [4.69, 9.17) is 11.6 Å². The molecule has 2 amide bonds. The lowest BCUT2D eigenvalue weighted by molar-refractivity contribution is 0.236. The average Bonchev–Trinajstić information content (AvgIpc) is 3.18. The van der Waals surface area contributed by atoms with Crippen molar-refractivity contribution in [2.75, 3.05) is 24.7 Å². The van der Waals surface area contributed by atoms with E-state index in [1.165, 1.54) is 16.8 Å². The molecule has 4 heterocycles. The highest BCUT2D eigenvalue weighted by Crippen LogP contribution is 2.39. The van der Waals surface area contributed by atoms with Crippen molar-refractivity contribution >= 4 is 33.5 Å². The van der Waals surface area contributed by atoms with Gasteiger partial charge in [-0.1, -0.05) is 25.4 Å². The minimum absolute atomic E-state index is 0.138. The Labute approximate surface area is 187 Å². The number of carbonyl (C=O) groups excluding carboxylic acids is 1. The van der Waals surface area contributed by atoms with E-state index < -0.39 is 16.1 Å². The Hall–Kier alpha value is -2.17. The largest absolute Gasteiger partial charge is 0.334 e. The number of nitrogens with one attached hydrogen (secondary N) is 2. The summed E-state index contributed by atoms with van der Waals surface area (Å²) >= 11 is 6.42. The van der Waals surface area contributed by atoms with Gasteiger partial charge < -0.3 is 5.32 Å². The maximum Gasteiger partial charge on any atom is 0.320 e. The molecule has 2 aromatic rings. The van der Waals surface area contributed by atoms with Crippen molar-refractivity contribution in [1.29, 1.82) is 0 Å². The lowest BCUT2D eigenvalue weighted by atomic mass is 9.89. The van der Waals surface area contributed by atoms with Gasteiger partial charge in [0.05, 0.1) is 17.5 Å². The van der Waals surface area contributed by atoms with Gasteiger partial charge in [-0.05, 0) is 30.7 Å². The van der Waals surface area contributed by atoms with Crippen LogP contribution in [0.2, 0.25) is 5.02 Å². The number of carbonyl (C=O) groups is 1. The number of piperidine rings is 1. The van der Waals surface area contributed by atoms with E-state index >= 15 is 0 Å². The Morgan fingerprint density at radius 1 is 1.29 bits per heavy atom. The van der Waals surface area contributed by atoms with Crippen LogP contribution < -0.4 is 10.6 Å². The molecule has 1 saturated heterocycles. The molecule has 2 aromatic heterocycles. The minimum Gasteiger partial charge on any atom is -0.334 e. The topological polar surface area (TPSA) is 109 Å². The Balaban J connectivity index is 1.47. The predicted octanol–water partition coefficient (Wildman–Crippen LogP) is 2.73. The number of anilines is 1. The Bertz CT molecular complexity index is 1110. The van der Waals surface area contributed by atoms with Gasteiger partial charge in [0, 0.05) is 48.7 Å². The number of sulfonamides is 1.